The van der Waals surface area contributed by atoms with Crippen LogP contribution < -0.4 is 4.74 Å². The summed E-state index contributed by atoms with van der Waals surface area (Å²) in [6.07, 6.45) is -0.938. The Morgan fingerprint density at radius 2 is 1.96 bits per heavy atom. The Balaban J connectivity index is 1.98. The molecular formula is C16H13Cl2NO5. The van der Waals surface area contributed by atoms with Crippen molar-refractivity contribution in [1.82, 2.24) is 0 Å². The minimum atomic E-state index is -0.938. The minimum absolute atomic E-state index is 0.111. The first-order chi connectivity index (χ1) is 11.4. The number of benzene rings is 2. The maximum absolute atomic E-state index is 12.0. The molecule has 8 heteroatoms. The molecule has 0 saturated heterocycles. The van der Waals surface area contributed by atoms with Crippen molar-refractivity contribution in [1.29, 1.82) is 0 Å². The van der Waals surface area contributed by atoms with Crippen molar-refractivity contribution in [3.63, 3.8) is 0 Å². The number of ether oxygens (including phenoxy) is 2. The Morgan fingerprint density at radius 3 is 2.62 bits per heavy atom. The van der Waals surface area contributed by atoms with Crippen LogP contribution in [0.15, 0.2) is 42.5 Å². The van der Waals surface area contributed by atoms with Crippen LogP contribution in [0.5, 0.6) is 5.75 Å². The van der Waals surface area contributed by atoms with Crippen molar-refractivity contribution >= 4 is 34.9 Å². The summed E-state index contributed by atoms with van der Waals surface area (Å²) in [6, 6.07) is 10.6. The second-order valence-electron chi connectivity index (χ2n) is 4.83. The van der Waals surface area contributed by atoms with E-state index in [-0.39, 0.29) is 23.1 Å². The van der Waals surface area contributed by atoms with Gasteiger partial charge in [-0.1, -0.05) is 35.3 Å². The van der Waals surface area contributed by atoms with E-state index in [0.29, 0.717) is 10.6 Å². The number of carbonyl (C=O) groups is 1. The fourth-order valence-electron chi connectivity index (χ4n) is 1.89. The summed E-state index contributed by atoms with van der Waals surface area (Å²) >= 11 is 11.8. The van der Waals surface area contributed by atoms with E-state index in [1.54, 1.807) is 12.1 Å². The molecule has 0 radical (unpaired) electrons. The number of esters is 1. The predicted molar refractivity (Wildman–Crippen MR) is 89.4 cm³/mol. The van der Waals surface area contributed by atoms with Crippen LogP contribution in [0, 0.1) is 10.1 Å². The van der Waals surface area contributed by atoms with Crippen LogP contribution in [0.1, 0.15) is 12.5 Å². The third-order valence-electron chi connectivity index (χ3n) is 3.09. The van der Waals surface area contributed by atoms with E-state index < -0.39 is 17.0 Å². The lowest BCUT2D eigenvalue weighted by atomic mass is 10.2. The average molecular weight is 370 g/mol. The molecule has 0 unspecified atom stereocenters. The van der Waals surface area contributed by atoms with Gasteiger partial charge < -0.3 is 9.47 Å². The Bertz CT molecular complexity index is 766. The lowest BCUT2D eigenvalue weighted by Gasteiger charge is -2.15. The predicted octanol–water partition coefficient (Wildman–Crippen LogP) is 4.41. The van der Waals surface area contributed by atoms with Crippen LogP contribution >= 0.6 is 23.2 Å². The molecule has 0 fully saturated rings. The zero-order valence-electron chi connectivity index (χ0n) is 12.6. The van der Waals surface area contributed by atoms with Crippen LogP contribution in [-0.2, 0) is 16.1 Å². The summed E-state index contributed by atoms with van der Waals surface area (Å²) < 4.78 is 10.5. The van der Waals surface area contributed by atoms with Gasteiger partial charge in [-0.05, 0) is 31.2 Å². The summed E-state index contributed by atoms with van der Waals surface area (Å²) in [7, 11) is 0. The largest absolute Gasteiger partial charge is 0.477 e. The molecule has 0 bridgehead atoms. The smallest absolute Gasteiger partial charge is 0.347 e. The van der Waals surface area contributed by atoms with E-state index in [4.69, 9.17) is 32.7 Å². The molecule has 0 aliphatic rings. The van der Waals surface area contributed by atoms with E-state index in [1.807, 2.05) is 0 Å². The Hall–Kier alpha value is -2.31. The van der Waals surface area contributed by atoms with Gasteiger partial charge in [-0.15, -0.1) is 0 Å². The van der Waals surface area contributed by atoms with Gasteiger partial charge in [0.15, 0.2) is 6.10 Å². The van der Waals surface area contributed by atoms with Crippen LogP contribution in [0.2, 0.25) is 10.0 Å². The number of hydrogen-bond donors (Lipinski definition) is 0. The lowest BCUT2D eigenvalue weighted by molar-refractivity contribution is -0.385. The first-order valence-electron chi connectivity index (χ1n) is 6.89. The Kier molecular flexibility index (Phi) is 6.00. The topological polar surface area (TPSA) is 78.7 Å². The molecule has 0 spiro atoms. The number of rotatable bonds is 6. The summed E-state index contributed by atoms with van der Waals surface area (Å²) in [5.74, 6) is -0.379. The highest BCUT2D eigenvalue weighted by atomic mass is 35.5. The molecule has 0 aliphatic carbocycles. The van der Waals surface area contributed by atoms with Crippen molar-refractivity contribution in [2.45, 2.75) is 19.6 Å². The Labute approximate surface area is 148 Å². The summed E-state index contributed by atoms with van der Waals surface area (Å²) in [5.41, 5.74) is 0.187. The molecule has 2 aromatic carbocycles. The van der Waals surface area contributed by atoms with Crippen molar-refractivity contribution in [2.24, 2.45) is 0 Å². The highest BCUT2D eigenvalue weighted by molar-refractivity contribution is 6.35. The maximum atomic E-state index is 12.0. The van der Waals surface area contributed by atoms with Gasteiger partial charge in [0.05, 0.1) is 15.5 Å². The van der Waals surface area contributed by atoms with Gasteiger partial charge in [-0.2, -0.15) is 0 Å². The SMILES string of the molecule is C[C@H](Oc1ccc(Cl)cc1Cl)C(=O)OCc1ccccc1[N+](=O)[O-]. The molecule has 6 nitrogen and oxygen atoms in total. The van der Waals surface area contributed by atoms with Gasteiger partial charge in [0, 0.05) is 11.1 Å². The molecule has 0 saturated carbocycles. The van der Waals surface area contributed by atoms with E-state index in [1.165, 1.54) is 37.3 Å². The second kappa shape index (κ2) is 7.99. The van der Waals surface area contributed by atoms with Crippen molar-refractivity contribution < 1.29 is 19.2 Å². The van der Waals surface area contributed by atoms with Crippen molar-refractivity contribution in [3.05, 3.63) is 68.2 Å². The van der Waals surface area contributed by atoms with E-state index in [9.17, 15) is 14.9 Å². The Morgan fingerprint density at radius 1 is 1.25 bits per heavy atom. The molecule has 24 heavy (non-hydrogen) atoms. The summed E-state index contributed by atoms with van der Waals surface area (Å²) in [5, 5.41) is 11.6. The fraction of sp³-hybridized carbons (Fsp3) is 0.188. The molecule has 0 aromatic heterocycles. The highest BCUT2D eigenvalue weighted by Crippen LogP contribution is 2.28. The van der Waals surface area contributed by atoms with Crippen molar-refractivity contribution in [3.8, 4) is 5.75 Å². The molecule has 0 amide bonds. The summed E-state index contributed by atoms with van der Waals surface area (Å²) in [6.45, 7) is 1.27. The zero-order valence-corrected chi connectivity index (χ0v) is 14.1. The van der Waals surface area contributed by atoms with E-state index in [0.717, 1.165) is 0 Å². The number of hydrogen-bond acceptors (Lipinski definition) is 5. The van der Waals surface area contributed by atoms with Gasteiger partial charge in [-0.25, -0.2) is 4.79 Å². The normalized spacial score (nSPS) is 11.6. The number of para-hydroxylation sites is 1. The molecule has 2 aromatic rings. The van der Waals surface area contributed by atoms with E-state index in [2.05, 4.69) is 0 Å². The van der Waals surface area contributed by atoms with Crippen LogP contribution in [0.25, 0.3) is 0 Å². The first-order valence-corrected chi connectivity index (χ1v) is 7.64. The standard InChI is InChI=1S/C16H13Cl2NO5/c1-10(24-15-7-6-12(17)8-13(15)18)16(20)23-9-11-4-2-3-5-14(11)19(21)22/h2-8,10H,9H2,1H3/t10-/m0/s1. The third-order valence-corrected chi connectivity index (χ3v) is 3.62. The maximum Gasteiger partial charge on any atom is 0.347 e. The number of nitro groups is 1. The van der Waals surface area contributed by atoms with Gasteiger partial charge in [0.1, 0.15) is 12.4 Å². The molecule has 0 aliphatic heterocycles. The van der Waals surface area contributed by atoms with Gasteiger partial charge in [-0.3, -0.25) is 10.1 Å². The van der Waals surface area contributed by atoms with Gasteiger partial charge in [0.2, 0.25) is 0 Å². The number of nitro benzene ring substituents is 1. The molecule has 126 valence electrons. The van der Waals surface area contributed by atoms with Crippen LogP contribution in [-0.4, -0.2) is 17.0 Å². The number of halogens is 2. The number of nitrogens with zero attached hydrogens (tertiary/aromatic N) is 1. The fourth-order valence-corrected chi connectivity index (χ4v) is 2.34. The molecule has 0 N–H and O–H groups in total. The lowest BCUT2D eigenvalue weighted by Crippen LogP contribution is -2.26. The molecular weight excluding hydrogens is 357 g/mol. The second-order valence-corrected chi connectivity index (χ2v) is 5.67. The summed E-state index contributed by atoms with van der Waals surface area (Å²) in [4.78, 5) is 22.4. The molecule has 2 rings (SSSR count). The quantitative estimate of drug-likeness (QED) is 0.428. The van der Waals surface area contributed by atoms with Gasteiger partial charge >= 0.3 is 5.97 Å². The van der Waals surface area contributed by atoms with Gasteiger partial charge in [0.25, 0.3) is 5.69 Å². The van der Waals surface area contributed by atoms with Crippen LogP contribution in [0.4, 0.5) is 5.69 Å². The van der Waals surface area contributed by atoms with Crippen LogP contribution in [0.3, 0.4) is 0 Å². The number of carbonyl (C=O) groups excluding carboxylic acids is 1. The monoisotopic (exact) mass is 369 g/mol. The average Bonchev–Trinajstić information content (AvgIpc) is 2.55. The molecule has 1 atom stereocenters. The third kappa shape index (κ3) is 4.59. The van der Waals surface area contributed by atoms with E-state index >= 15 is 0 Å². The zero-order chi connectivity index (χ0) is 17.7. The van der Waals surface area contributed by atoms with Crippen molar-refractivity contribution in [2.75, 3.05) is 0 Å². The minimum Gasteiger partial charge on any atom is -0.477 e. The molecule has 0 heterocycles. The first kappa shape index (κ1) is 18.0. The highest BCUT2D eigenvalue weighted by Gasteiger charge is 2.20.